The van der Waals surface area contributed by atoms with Crippen molar-refractivity contribution in [2.24, 2.45) is 5.92 Å². The molecular weight excluding hydrogens is 258 g/mol. The summed E-state index contributed by atoms with van der Waals surface area (Å²) in [6.07, 6.45) is 3.39. The van der Waals surface area contributed by atoms with Crippen molar-refractivity contribution >= 4 is 11.9 Å². The van der Waals surface area contributed by atoms with Crippen LogP contribution >= 0.6 is 0 Å². The molecule has 0 bridgehead atoms. The molecule has 1 aliphatic heterocycles. The number of urea groups is 1. The highest BCUT2D eigenvalue weighted by Crippen LogP contribution is 2.28. The second kappa shape index (κ2) is 7.47. The summed E-state index contributed by atoms with van der Waals surface area (Å²) in [6, 6.07) is -0.161. The highest BCUT2D eigenvalue weighted by atomic mass is 16.5. The molecule has 0 unspecified atom stereocenters. The van der Waals surface area contributed by atoms with Gasteiger partial charge in [-0.2, -0.15) is 0 Å². The van der Waals surface area contributed by atoms with Crippen molar-refractivity contribution in [2.45, 2.75) is 26.2 Å². The van der Waals surface area contributed by atoms with E-state index in [1.54, 1.807) is 9.80 Å². The highest BCUT2D eigenvalue weighted by molar-refractivity contribution is 5.84. The Bertz CT molecular complexity index is 345. The smallest absolute Gasteiger partial charge is 0.317 e. The van der Waals surface area contributed by atoms with Gasteiger partial charge in [-0.25, -0.2) is 4.79 Å². The van der Waals surface area contributed by atoms with Gasteiger partial charge in [-0.15, -0.1) is 0 Å². The van der Waals surface area contributed by atoms with E-state index >= 15 is 0 Å². The number of carbonyl (C=O) groups excluding carboxylic acids is 2. The average Bonchev–Trinajstić information content (AvgIpc) is 3.25. The number of amides is 3. The van der Waals surface area contributed by atoms with Gasteiger partial charge in [-0.05, 0) is 32.1 Å². The van der Waals surface area contributed by atoms with E-state index in [9.17, 15) is 9.59 Å². The number of ether oxygens (including phenoxy) is 1. The highest BCUT2D eigenvalue weighted by Gasteiger charge is 2.24. The molecule has 20 heavy (non-hydrogen) atoms. The summed E-state index contributed by atoms with van der Waals surface area (Å²) in [5.74, 6) is 0.777. The second-order valence-electron chi connectivity index (χ2n) is 5.50. The summed E-state index contributed by atoms with van der Waals surface area (Å²) in [5.41, 5.74) is 0. The molecular formula is C14H25N3O3. The first-order chi connectivity index (χ1) is 9.70. The zero-order chi connectivity index (χ0) is 14.4. The van der Waals surface area contributed by atoms with Crippen molar-refractivity contribution in [1.82, 2.24) is 15.1 Å². The van der Waals surface area contributed by atoms with Crippen LogP contribution in [0.25, 0.3) is 0 Å². The number of hydrogen-bond donors (Lipinski definition) is 1. The zero-order valence-corrected chi connectivity index (χ0v) is 12.3. The van der Waals surface area contributed by atoms with Crippen LogP contribution in [0, 0.1) is 5.92 Å². The lowest BCUT2D eigenvalue weighted by atomic mass is 10.4. The minimum absolute atomic E-state index is 0.0325. The van der Waals surface area contributed by atoms with E-state index in [1.165, 1.54) is 12.8 Å². The molecule has 1 saturated carbocycles. The molecule has 114 valence electrons. The van der Waals surface area contributed by atoms with Crippen molar-refractivity contribution in [2.75, 3.05) is 45.9 Å². The van der Waals surface area contributed by atoms with Gasteiger partial charge in [0.2, 0.25) is 5.91 Å². The molecule has 0 aromatic heterocycles. The summed E-state index contributed by atoms with van der Waals surface area (Å²) in [5, 5.41) is 2.82. The molecule has 0 aromatic rings. The molecule has 2 aliphatic rings. The third-order valence-electron chi connectivity index (χ3n) is 3.78. The van der Waals surface area contributed by atoms with E-state index in [0.717, 1.165) is 25.5 Å². The number of hydrogen-bond acceptors (Lipinski definition) is 3. The zero-order valence-electron chi connectivity index (χ0n) is 12.3. The maximum atomic E-state index is 12.0. The van der Waals surface area contributed by atoms with Crippen molar-refractivity contribution in [3.8, 4) is 0 Å². The maximum absolute atomic E-state index is 12.0. The number of carbonyl (C=O) groups is 2. The van der Waals surface area contributed by atoms with Gasteiger partial charge in [0.05, 0.1) is 6.61 Å². The average molecular weight is 283 g/mol. The van der Waals surface area contributed by atoms with Crippen LogP contribution in [0.4, 0.5) is 4.79 Å². The lowest BCUT2D eigenvalue weighted by Crippen LogP contribution is -2.45. The van der Waals surface area contributed by atoms with Gasteiger partial charge >= 0.3 is 6.03 Å². The quantitative estimate of drug-likeness (QED) is 0.729. The van der Waals surface area contributed by atoms with Crippen LogP contribution in [-0.2, 0) is 9.53 Å². The fraction of sp³-hybridized carbons (Fsp3) is 0.857. The van der Waals surface area contributed by atoms with Crippen molar-refractivity contribution in [3.05, 3.63) is 0 Å². The normalized spacial score (nSPS) is 19.9. The predicted molar refractivity (Wildman–Crippen MR) is 75.4 cm³/mol. The van der Waals surface area contributed by atoms with Gasteiger partial charge in [0.15, 0.2) is 0 Å². The van der Waals surface area contributed by atoms with Crippen LogP contribution in [0.15, 0.2) is 0 Å². The third kappa shape index (κ3) is 4.67. The van der Waals surface area contributed by atoms with E-state index in [0.29, 0.717) is 26.2 Å². The molecule has 6 nitrogen and oxygen atoms in total. The first kappa shape index (κ1) is 15.1. The summed E-state index contributed by atoms with van der Waals surface area (Å²) >= 11 is 0. The van der Waals surface area contributed by atoms with Crippen LogP contribution < -0.4 is 5.32 Å². The minimum Gasteiger partial charge on any atom is -0.379 e. The molecule has 3 amide bonds. The van der Waals surface area contributed by atoms with Gasteiger partial charge in [0.1, 0.15) is 6.54 Å². The molecule has 0 spiro atoms. The maximum Gasteiger partial charge on any atom is 0.317 e. The Labute approximate surface area is 120 Å². The molecule has 2 fully saturated rings. The molecule has 1 N–H and O–H groups in total. The van der Waals surface area contributed by atoms with Gasteiger partial charge in [0, 0.05) is 32.8 Å². The largest absolute Gasteiger partial charge is 0.379 e. The van der Waals surface area contributed by atoms with E-state index in [4.69, 9.17) is 4.74 Å². The van der Waals surface area contributed by atoms with Crippen LogP contribution in [0.2, 0.25) is 0 Å². The lowest BCUT2D eigenvalue weighted by Gasteiger charge is -2.21. The first-order valence-corrected chi connectivity index (χ1v) is 7.59. The Balaban J connectivity index is 1.64. The lowest BCUT2D eigenvalue weighted by molar-refractivity contribution is -0.130. The molecule has 0 radical (unpaired) electrons. The van der Waals surface area contributed by atoms with Crippen LogP contribution in [0.3, 0.4) is 0 Å². The second-order valence-corrected chi connectivity index (χ2v) is 5.50. The van der Waals surface area contributed by atoms with Crippen LogP contribution in [0.5, 0.6) is 0 Å². The Kier molecular flexibility index (Phi) is 5.64. The SMILES string of the molecule is CCN1CCCN(C(=O)NCCOCC2CC2)CC1=O. The molecule has 2 rings (SSSR count). The predicted octanol–water partition coefficient (Wildman–Crippen LogP) is 0.677. The number of nitrogens with one attached hydrogen (secondary N) is 1. The monoisotopic (exact) mass is 283 g/mol. The molecule has 1 saturated heterocycles. The molecule has 1 aliphatic carbocycles. The number of nitrogens with zero attached hydrogens (tertiary/aromatic N) is 2. The van der Waals surface area contributed by atoms with Gasteiger partial charge in [-0.3, -0.25) is 4.79 Å². The summed E-state index contributed by atoms with van der Waals surface area (Å²) < 4.78 is 5.47. The first-order valence-electron chi connectivity index (χ1n) is 7.59. The fourth-order valence-electron chi connectivity index (χ4n) is 2.30. The van der Waals surface area contributed by atoms with Crippen molar-refractivity contribution in [1.29, 1.82) is 0 Å². The molecule has 1 heterocycles. The standard InChI is InChI=1S/C14H25N3O3/c1-2-16-7-3-8-17(10-13(16)18)14(19)15-6-9-20-11-12-4-5-12/h12H,2-11H2,1H3,(H,15,19). The van der Waals surface area contributed by atoms with Crippen LogP contribution in [0.1, 0.15) is 26.2 Å². The van der Waals surface area contributed by atoms with Gasteiger partial charge in [0.25, 0.3) is 0 Å². The van der Waals surface area contributed by atoms with Crippen molar-refractivity contribution < 1.29 is 14.3 Å². The summed E-state index contributed by atoms with van der Waals surface area (Å²) in [4.78, 5) is 27.3. The topological polar surface area (TPSA) is 61.9 Å². The molecule has 0 aromatic carbocycles. The van der Waals surface area contributed by atoms with Gasteiger partial charge < -0.3 is 19.9 Å². The van der Waals surface area contributed by atoms with Gasteiger partial charge in [-0.1, -0.05) is 0 Å². The molecule has 6 heteroatoms. The summed E-state index contributed by atoms with van der Waals surface area (Å²) in [7, 11) is 0. The number of likely N-dealkylation sites (N-methyl/N-ethyl adjacent to an activating group) is 1. The van der Waals surface area contributed by atoms with Crippen molar-refractivity contribution in [3.63, 3.8) is 0 Å². The number of rotatable bonds is 6. The Morgan fingerprint density at radius 2 is 2.20 bits per heavy atom. The van der Waals surface area contributed by atoms with E-state index in [2.05, 4.69) is 5.32 Å². The van der Waals surface area contributed by atoms with E-state index in [1.807, 2.05) is 6.92 Å². The van der Waals surface area contributed by atoms with E-state index < -0.39 is 0 Å². The summed E-state index contributed by atoms with van der Waals surface area (Å²) in [6.45, 7) is 6.10. The fourth-order valence-corrected chi connectivity index (χ4v) is 2.30. The Morgan fingerprint density at radius 1 is 1.40 bits per heavy atom. The Morgan fingerprint density at radius 3 is 2.90 bits per heavy atom. The molecule has 0 atom stereocenters. The van der Waals surface area contributed by atoms with Crippen LogP contribution in [-0.4, -0.2) is 67.7 Å². The van der Waals surface area contributed by atoms with E-state index in [-0.39, 0.29) is 18.5 Å². The third-order valence-corrected chi connectivity index (χ3v) is 3.78. The minimum atomic E-state index is -0.161. The Hall–Kier alpha value is -1.30.